The average Bonchev–Trinajstić information content (AvgIpc) is 3.63. The zero-order valence-electron chi connectivity index (χ0n) is 20.5. The van der Waals surface area contributed by atoms with Gasteiger partial charge >= 0.3 is 0 Å². The molecule has 1 aliphatic heterocycles. The van der Waals surface area contributed by atoms with Gasteiger partial charge in [0, 0.05) is 6.07 Å². The number of hydrogen-bond donors (Lipinski definition) is 0. The SMILES string of the molecule is COc1ccc(-c2noc(CSc3nc4ccccc4c(=O)n3Cc3ccc4c(c3)OCO4)n2)c(OC)c1. The van der Waals surface area contributed by atoms with Gasteiger partial charge in [0.05, 0.1) is 43.0 Å². The molecule has 192 valence electrons. The third kappa shape index (κ3) is 4.52. The summed E-state index contributed by atoms with van der Waals surface area (Å²) in [5.74, 6) is 3.67. The van der Waals surface area contributed by atoms with Gasteiger partial charge in [-0.1, -0.05) is 35.1 Å². The Morgan fingerprint density at radius 1 is 0.974 bits per heavy atom. The second-order valence-electron chi connectivity index (χ2n) is 8.36. The van der Waals surface area contributed by atoms with Gasteiger partial charge in [0.1, 0.15) is 11.5 Å². The molecular weight excluding hydrogens is 508 g/mol. The second kappa shape index (κ2) is 10.1. The molecule has 10 nitrogen and oxygen atoms in total. The molecule has 0 saturated heterocycles. The molecule has 0 aliphatic carbocycles. The summed E-state index contributed by atoms with van der Waals surface area (Å²) in [7, 11) is 3.16. The van der Waals surface area contributed by atoms with Crippen molar-refractivity contribution in [2.75, 3.05) is 21.0 Å². The lowest BCUT2D eigenvalue weighted by Crippen LogP contribution is -2.24. The number of methoxy groups -OCH3 is 2. The Balaban J connectivity index is 1.30. The van der Waals surface area contributed by atoms with E-state index in [0.29, 0.717) is 68.6 Å². The number of ether oxygens (including phenoxy) is 4. The minimum atomic E-state index is -0.134. The third-order valence-corrected chi connectivity index (χ3v) is 7.01. The van der Waals surface area contributed by atoms with E-state index in [1.165, 1.54) is 11.8 Å². The van der Waals surface area contributed by atoms with Gasteiger partial charge in [-0.2, -0.15) is 4.98 Å². The molecule has 0 bridgehead atoms. The summed E-state index contributed by atoms with van der Waals surface area (Å²) < 4.78 is 28.8. The van der Waals surface area contributed by atoms with Crippen LogP contribution in [0, 0.1) is 0 Å². The van der Waals surface area contributed by atoms with Gasteiger partial charge in [0.2, 0.25) is 18.5 Å². The van der Waals surface area contributed by atoms with Crippen molar-refractivity contribution in [3.8, 4) is 34.4 Å². The third-order valence-electron chi connectivity index (χ3n) is 6.05. The lowest BCUT2D eigenvalue weighted by Gasteiger charge is -2.13. The van der Waals surface area contributed by atoms with Crippen molar-refractivity contribution in [1.82, 2.24) is 19.7 Å². The molecule has 0 unspecified atom stereocenters. The summed E-state index contributed by atoms with van der Waals surface area (Å²) in [5, 5.41) is 5.20. The zero-order chi connectivity index (χ0) is 26.1. The Hall–Kier alpha value is -4.51. The van der Waals surface area contributed by atoms with Crippen LogP contribution in [0.1, 0.15) is 11.5 Å². The van der Waals surface area contributed by atoms with Crippen LogP contribution in [0.15, 0.2) is 75.1 Å². The molecule has 1 aliphatic rings. The van der Waals surface area contributed by atoms with Gasteiger partial charge in [0.15, 0.2) is 16.7 Å². The van der Waals surface area contributed by atoms with Crippen molar-refractivity contribution in [1.29, 1.82) is 0 Å². The van der Waals surface area contributed by atoms with Gasteiger partial charge in [0.25, 0.3) is 5.56 Å². The smallest absolute Gasteiger partial charge is 0.262 e. The van der Waals surface area contributed by atoms with E-state index in [0.717, 1.165) is 5.56 Å². The van der Waals surface area contributed by atoms with Crippen LogP contribution < -0.4 is 24.5 Å². The normalized spacial score (nSPS) is 12.2. The molecule has 38 heavy (non-hydrogen) atoms. The second-order valence-corrected chi connectivity index (χ2v) is 9.30. The Morgan fingerprint density at radius 3 is 2.71 bits per heavy atom. The maximum atomic E-state index is 13.5. The highest BCUT2D eigenvalue weighted by Gasteiger charge is 2.18. The highest BCUT2D eigenvalue weighted by atomic mass is 32.2. The van der Waals surface area contributed by atoms with Crippen LogP contribution in [0.3, 0.4) is 0 Å². The van der Waals surface area contributed by atoms with E-state index in [-0.39, 0.29) is 12.4 Å². The monoisotopic (exact) mass is 530 g/mol. The zero-order valence-corrected chi connectivity index (χ0v) is 21.4. The number of benzene rings is 3. The van der Waals surface area contributed by atoms with Crippen LogP contribution >= 0.6 is 11.8 Å². The summed E-state index contributed by atoms with van der Waals surface area (Å²) in [5.41, 5.74) is 2.06. The predicted molar refractivity (Wildman–Crippen MR) is 140 cm³/mol. The molecule has 3 aromatic carbocycles. The molecule has 0 fully saturated rings. The van der Waals surface area contributed by atoms with Crippen molar-refractivity contribution in [3.05, 3.63) is 82.5 Å². The molecule has 0 N–H and O–H groups in total. The average molecular weight is 531 g/mol. The highest BCUT2D eigenvalue weighted by molar-refractivity contribution is 7.98. The Kier molecular flexibility index (Phi) is 6.34. The molecule has 0 radical (unpaired) electrons. The van der Waals surface area contributed by atoms with E-state index in [1.807, 2.05) is 42.5 Å². The predicted octanol–water partition coefficient (Wildman–Crippen LogP) is 4.53. The van der Waals surface area contributed by atoms with Gasteiger partial charge in [-0.15, -0.1) is 0 Å². The van der Waals surface area contributed by atoms with E-state index < -0.39 is 0 Å². The van der Waals surface area contributed by atoms with Crippen LogP contribution in [0.4, 0.5) is 0 Å². The molecule has 0 amide bonds. The van der Waals surface area contributed by atoms with Crippen LogP contribution in [0.5, 0.6) is 23.0 Å². The van der Waals surface area contributed by atoms with Crippen molar-refractivity contribution < 1.29 is 23.5 Å². The summed E-state index contributed by atoms with van der Waals surface area (Å²) in [4.78, 5) is 22.8. The highest BCUT2D eigenvalue weighted by Crippen LogP contribution is 2.34. The molecule has 3 heterocycles. The summed E-state index contributed by atoms with van der Waals surface area (Å²) >= 11 is 1.35. The fourth-order valence-electron chi connectivity index (χ4n) is 4.15. The molecule has 11 heteroatoms. The molecule has 2 aromatic heterocycles. The number of aromatic nitrogens is 4. The Labute approximate surface area is 221 Å². The van der Waals surface area contributed by atoms with Crippen molar-refractivity contribution in [3.63, 3.8) is 0 Å². The quantitative estimate of drug-likeness (QED) is 0.210. The lowest BCUT2D eigenvalue weighted by atomic mass is 10.2. The molecule has 0 atom stereocenters. The van der Waals surface area contributed by atoms with E-state index in [2.05, 4.69) is 10.1 Å². The lowest BCUT2D eigenvalue weighted by molar-refractivity contribution is 0.174. The number of thioether (sulfide) groups is 1. The van der Waals surface area contributed by atoms with Gasteiger partial charge in [-0.25, -0.2) is 4.98 Å². The first-order chi connectivity index (χ1) is 18.6. The minimum absolute atomic E-state index is 0.134. The Bertz CT molecular complexity index is 1700. The fourth-order valence-corrected chi connectivity index (χ4v) is 4.99. The Morgan fingerprint density at radius 2 is 1.84 bits per heavy atom. The fraction of sp³-hybridized carbons (Fsp3) is 0.185. The van der Waals surface area contributed by atoms with E-state index in [4.69, 9.17) is 28.5 Å². The largest absolute Gasteiger partial charge is 0.497 e. The molecule has 6 rings (SSSR count). The van der Waals surface area contributed by atoms with Crippen LogP contribution in [-0.4, -0.2) is 40.7 Å². The van der Waals surface area contributed by atoms with Gasteiger partial charge < -0.3 is 23.5 Å². The van der Waals surface area contributed by atoms with Gasteiger partial charge in [-0.3, -0.25) is 9.36 Å². The first kappa shape index (κ1) is 23.9. The van der Waals surface area contributed by atoms with E-state index in [9.17, 15) is 4.79 Å². The maximum absolute atomic E-state index is 13.5. The summed E-state index contributed by atoms with van der Waals surface area (Å²) in [6, 6.07) is 18.3. The topological polar surface area (TPSA) is 111 Å². The molecular formula is C27H22N4O6S. The van der Waals surface area contributed by atoms with Gasteiger partial charge in [-0.05, 0) is 42.0 Å². The number of rotatable bonds is 8. The first-order valence-corrected chi connectivity index (χ1v) is 12.7. The summed E-state index contributed by atoms with van der Waals surface area (Å²) in [6.45, 7) is 0.500. The van der Waals surface area contributed by atoms with Crippen LogP contribution in [0.2, 0.25) is 0 Å². The van der Waals surface area contributed by atoms with Crippen LogP contribution in [-0.2, 0) is 12.3 Å². The van der Waals surface area contributed by atoms with Crippen molar-refractivity contribution >= 4 is 22.7 Å². The standard InChI is InChI=1S/C27H22N4O6S/c1-33-17-8-9-19(22(12-17)34-2)25-29-24(37-30-25)14-38-27-28-20-6-4-3-5-18(20)26(32)31(27)13-16-7-10-21-23(11-16)36-15-35-21/h3-12H,13-15H2,1-2H3. The molecule has 0 saturated carbocycles. The number of fused-ring (bicyclic) bond motifs is 2. The van der Waals surface area contributed by atoms with Crippen LogP contribution in [0.25, 0.3) is 22.3 Å². The molecule has 5 aromatic rings. The van der Waals surface area contributed by atoms with Crippen molar-refractivity contribution in [2.24, 2.45) is 0 Å². The first-order valence-electron chi connectivity index (χ1n) is 11.7. The van der Waals surface area contributed by atoms with E-state index in [1.54, 1.807) is 37.0 Å². The number of nitrogens with zero attached hydrogens (tertiary/aromatic N) is 4. The minimum Gasteiger partial charge on any atom is -0.497 e. The van der Waals surface area contributed by atoms with Crippen molar-refractivity contribution in [2.45, 2.75) is 17.5 Å². The molecule has 0 spiro atoms. The maximum Gasteiger partial charge on any atom is 0.262 e. The number of hydrogen-bond acceptors (Lipinski definition) is 10. The van der Waals surface area contributed by atoms with E-state index >= 15 is 0 Å². The summed E-state index contributed by atoms with van der Waals surface area (Å²) in [6.07, 6.45) is 0. The number of para-hydroxylation sites is 1.